The molecular formula is C11H20O2. The zero-order valence-electron chi connectivity index (χ0n) is 9.14. The van der Waals surface area contributed by atoms with E-state index < -0.39 is 5.60 Å². The maximum atomic E-state index is 11.7. The lowest BCUT2D eigenvalue weighted by Crippen LogP contribution is -2.48. The fraction of sp³-hybridized carbons (Fsp3) is 0.909. The van der Waals surface area contributed by atoms with Gasteiger partial charge in [0.2, 0.25) is 0 Å². The second-order valence-electron chi connectivity index (χ2n) is 4.72. The summed E-state index contributed by atoms with van der Waals surface area (Å²) in [4.78, 5) is 11.7. The van der Waals surface area contributed by atoms with Gasteiger partial charge in [-0.1, -0.05) is 6.92 Å². The van der Waals surface area contributed by atoms with E-state index in [0.717, 1.165) is 19.3 Å². The SMILES string of the molecule is CCC(=O)C1(C)CCCC(C)(C)O1. The fourth-order valence-electron chi connectivity index (χ4n) is 2.13. The van der Waals surface area contributed by atoms with Crippen LogP contribution in [0.5, 0.6) is 0 Å². The Bertz CT molecular complexity index is 208. The molecular weight excluding hydrogens is 164 g/mol. The van der Waals surface area contributed by atoms with Gasteiger partial charge in [-0.2, -0.15) is 0 Å². The Morgan fingerprint density at radius 2 is 1.92 bits per heavy atom. The van der Waals surface area contributed by atoms with Crippen LogP contribution in [0.4, 0.5) is 0 Å². The first-order valence-corrected chi connectivity index (χ1v) is 5.13. The van der Waals surface area contributed by atoms with Crippen LogP contribution in [-0.4, -0.2) is 17.0 Å². The average molecular weight is 184 g/mol. The molecule has 0 aromatic heterocycles. The van der Waals surface area contributed by atoms with E-state index in [9.17, 15) is 4.79 Å². The molecule has 0 N–H and O–H groups in total. The van der Waals surface area contributed by atoms with Crippen LogP contribution >= 0.6 is 0 Å². The molecule has 0 aromatic carbocycles. The van der Waals surface area contributed by atoms with Crippen LogP contribution < -0.4 is 0 Å². The minimum absolute atomic E-state index is 0.127. The first-order chi connectivity index (χ1) is 5.90. The number of hydrogen-bond acceptors (Lipinski definition) is 2. The molecule has 1 aliphatic heterocycles. The standard InChI is InChI=1S/C11H20O2/c1-5-9(12)11(4)8-6-7-10(2,3)13-11/h5-8H2,1-4H3. The zero-order chi connectivity index (χ0) is 10.1. The Morgan fingerprint density at radius 3 is 2.38 bits per heavy atom. The van der Waals surface area contributed by atoms with Crippen LogP contribution in [0.15, 0.2) is 0 Å². The molecule has 0 aromatic rings. The summed E-state index contributed by atoms with van der Waals surface area (Å²) in [5.74, 6) is 0.236. The van der Waals surface area contributed by atoms with Gasteiger partial charge in [0.05, 0.1) is 5.60 Å². The van der Waals surface area contributed by atoms with Gasteiger partial charge in [0.25, 0.3) is 0 Å². The fourth-order valence-corrected chi connectivity index (χ4v) is 2.13. The van der Waals surface area contributed by atoms with Gasteiger partial charge < -0.3 is 4.74 Å². The number of carbonyl (C=O) groups excluding carboxylic acids is 1. The highest BCUT2D eigenvalue weighted by Gasteiger charge is 2.41. The second-order valence-corrected chi connectivity index (χ2v) is 4.72. The summed E-state index contributed by atoms with van der Waals surface area (Å²) < 4.78 is 5.86. The van der Waals surface area contributed by atoms with E-state index in [-0.39, 0.29) is 11.4 Å². The second kappa shape index (κ2) is 3.41. The van der Waals surface area contributed by atoms with Gasteiger partial charge in [-0.05, 0) is 40.0 Å². The zero-order valence-corrected chi connectivity index (χ0v) is 9.14. The van der Waals surface area contributed by atoms with Crippen molar-refractivity contribution in [2.24, 2.45) is 0 Å². The van der Waals surface area contributed by atoms with Crippen LogP contribution in [0.3, 0.4) is 0 Å². The molecule has 1 aliphatic rings. The van der Waals surface area contributed by atoms with Gasteiger partial charge >= 0.3 is 0 Å². The molecule has 0 spiro atoms. The minimum atomic E-state index is -0.517. The van der Waals surface area contributed by atoms with Crippen LogP contribution in [-0.2, 0) is 9.53 Å². The predicted octanol–water partition coefficient (Wildman–Crippen LogP) is 2.70. The van der Waals surface area contributed by atoms with Crippen molar-refractivity contribution in [1.29, 1.82) is 0 Å². The van der Waals surface area contributed by atoms with E-state index in [1.807, 2.05) is 13.8 Å². The Morgan fingerprint density at radius 1 is 1.31 bits per heavy atom. The quantitative estimate of drug-likeness (QED) is 0.659. The van der Waals surface area contributed by atoms with Crippen LogP contribution in [0.1, 0.15) is 53.4 Å². The van der Waals surface area contributed by atoms with Crippen LogP contribution in [0.2, 0.25) is 0 Å². The Balaban J connectivity index is 2.74. The molecule has 2 nitrogen and oxygen atoms in total. The third kappa shape index (κ3) is 2.31. The minimum Gasteiger partial charge on any atom is -0.362 e. The number of Topliss-reactive ketones (excluding diaryl/α,β-unsaturated/α-hetero) is 1. The topological polar surface area (TPSA) is 26.3 Å². The van der Waals surface area contributed by atoms with E-state index >= 15 is 0 Å². The largest absolute Gasteiger partial charge is 0.362 e. The normalized spacial score (nSPS) is 32.9. The summed E-state index contributed by atoms with van der Waals surface area (Å²) in [6, 6.07) is 0. The number of ether oxygens (including phenoxy) is 1. The lowest BCUT2D eigenvalue weighted by atomic mass is 9.84. The average Bonchev–Trinajstić information content (AvgIpc) is 2.00. The molecule has 1 saturated heterocycles. The lowest BCUT2D eigenvalue weighted by molar-refractivity contribution is -0.180. The van der Waals surface area contributed by atoms with E-state index in [2.05, 4.69) is 13.8 Å². The van der Waals surface area contributed by atoms with Gasteiger partial charge in [0, 0.05) is 6.42 Å². The molecule has 0 radical (unpaired) electrons. The van der Waals surface area contributed by atoms with Gasteiger partial charge in [0.1, 0.15) is 5.60 Å². The number of rotatable bonds is 2. The molecule has 0 bridgehead atoms. The molecule has 2 heteroatoms. The molecule has 76 valence electrons. The summed E-state index contributed by atoms with van der Waals surface area (Å²) in [6.45, 7) is 7.96. The van der Waals surface area contributed by atoms with E-state index in [0.29, 0.717) is 6.42 Å². The molecule has 13 heavy (non-hydrogen) atoms. The Labute approximate surface area is 80.7 Å². The van der Waals surface area contributed by atoms with Crippen molar-refractivity contribution in [3.05, 3.63) is 0 Å². The maximum Gasteiger partial charge on any atom is 0.164 e. The smallest absolute Gasteiger partial charge is 0.164 e. The lowest BCUT2D eigenvalue weighted by Gasteiger charge is -2.42. The molecule has 0 aliphatic carbocycles. The summed E-state index contributed by atoms with van der Waals surface area (Å²) in [6.07, 6.45) is 3.60. The Kier molecular flexibility index (Phi) is 2.81. The van der Waals surface area contributed by atoms with Crippen molar-refractivity contribution in [2.45, 2.75) is 64.6 Å². The van der Waals surface area contributed by atoms with Crippen LogP contribution in [0.25, 0.3) is 0 Å². The van der Waals surface area contributed by atoms with Gasteiger partial charge in [0.15, 0.2) is 5.78 Å². The summed E-state index contributed by atoms with van der Waals surface area (Å²) >= 11 is 0. The van der Waals surface area contributed by atoms with Crippen molar-refractivity contribution in [1.82, 2.24) is 0 Å². The van der Waals surface area contributed by atoms with Crippen molar-refractivity contribution in [2.75, 3.05) is 0 Å². The van der Waals surface area contributed by atoms with Crippen LogP contribution in [0, 0.1) is 0 Å². The number of ketones is 1. The summed E-state index contributed by atoms with van der Waals surface area (Å²) in [7, 11) is 0. The van der Waals surface area contributed by atoms with Gasteiger partial charge in [-0.3, -0.25) is 4.79 Å². The summed E-state index contributed by atoms with van der Waals surface area (Å²) in [5.41, 5.74) is -0.645. The van der Waals surface area contributed by atoms with E-state index in [4.69, 9.17) is 4.74 Å². The van der Waals surface area contributed by atoms with Crippen molar-refractivity contribution in [3.8, 4) is 0 Å². The highest BCUT2D eigenvalue weighted by atomic mass is 16.5. The molecule has 1 atom stereocenters. The molecule has 1 rings (SSSR count). The van der Waals surface area contributed by atoms with E-state index in [1.54, 1.807) is 0 Å². The van der Waals surface area contributed by atoms with Crippen molar-refractivity contribution < 1.29 is 9.53 Å². The van der Waals surface area contributed by atoms with Crippen molar-refractivity contribution in [3.63, 3.8) is 0 Å². The molecule has 0 saturated carbocycles. The number of carbonyl (C=O) groups is 1. The number of hydrogen-bond donors (Lipinski definition) is 0. The molecule has 1 unspecified atom stereocenters. The maximum absolute atomic E-state index is 11.7. The van der Waals surface area contributed by atoms with E-state index in [1.165, 1.54) is 0 Å². The predicted molar refractivity (Wildman–Crippen MR) is 52.7 cm³/mol. The molecule has 1 heterocycles. The van der Waals surface area contributed by atoms with Crippen molar-refractivity contribution >= 4 is 5.78 Å². The first-order valence-electron chi connectivity index (χ1n) is 5.13. The highest BCUT2D eigenvalue weighted by molar-refractivity contribution is 5.86. The third-order valence-corrected chi connectivity index (χ3v) is 2.85. The molecule has 0 amide bonds. The van der Waals surface area contributed by atoms with Gasteiger partial charge in [-0.25, -0.2) is 0 Å². The molecule has 1 fully saturated rings. The monoisotopic (exact) mass is 184 g/mol. The summed E-state index contributed by atoms with van der Waals surface area (Å²) in [5, 5.41) is 0. The highest BCUT2D eigenvalue weighted by Crippen LogP contribution is 2.35. The van der Waals surface area contributed by atoms with Gasteiger partial charge in [-0.15, -0.1) is 0 Å². The first kappa shape index (κ1) is 10.7. The third-order valence-electron chi connectivity index (χ3n) is 2.85. The Hall–Kier alpha value is -0.370.